The summed E-state index contributed by atoms with van der Waals surface area (Å²) >= 11 is 0. The summed E-state index contributed by atoms with van der Waals surface area (Å²) in [5.41, 5.74) is 4.01. The molecule has 4 aromatic rings. The van der Waals surface area contributed by atoms with Crippen molar-refractivity contribution < 1.29 is 4.79 Å². The van der Waals surface area contributed by atoms with Crippen LogP contribution in [-0.2, 0) is 6.54 Å². The number of rotatable bonds is 5. The second kappa shape index (κ2) is 7.57. The van der Waals surface area contributed by atoms with Crippen molar-refractivity contribution in [2.45, 2.75) is 6.54 Å². The molecule has 1 amide bonds. The van der Waals surface area contributed by atoms with Crippen LogP contribution in [0.25, 0.3) is 22.6 Å². The van der Waals surface area contributed by atoms with Crippen LogP contribution < -0.4 is 5.32 Å². The molecule has 0 aliphatic rings. The minimum Gasteiger partial charge on any atom is -0.348 e. The van der Waals surface area contributed by atoms with Crippen LogP contribution in [0.5, 0.6) is 0 Å². The summed E-state index contributed by atoms with van der Waals surface area (Å²) in [4.78, 5) is 24.9. The number of aromatic amines is 1. The van der Waals surface area contributed by atoms with E-state index >= 15 is 0 Å². The summed E-state index contributed by atoms with van der Waals surface area (Å²) in [7, 11) is 0. The Hall–Kier alpha value is -3.87. The molecule has 7 heteroatoms. The number of nitrogens with zero attached hydrogens (tertiary/aromatic N) is 4. The lowest BCUT2D eigenvalue weighted by molar-refractivity contribution is 0.0950. The van der Waals surface area contributed by atoms with E-state index in [0.29, 0.717) is 17.9 Å². The van der Waals surface area contributed by atoms with E-state index in [9.17, 15) is 4.79 Å². The zero-order valence-corrected chi connectivity index (χ0v) is 14.3. The molecule has 0 saturated heterocycles. The van der Waals surface area contributed by atoms with Gasteiger partial charge < -0.3 is 5.32 Å². The largest absolute Gasteiger partial charge is 0.348 e. The van der Waals surface area contributed by atoms with Crippen LogP contribution in [0.3, 0.4) is 0 Å². The molecule has 7 nitrogen and oxygen atoms in total. The number of hydrogen-bond acceptors (Lipinski definition) is 5. The summed E-state index contributed by atoms with van der Waals surface area (Å²) in [6.07, 6.45) is 8.10. The third-order valence-corrected chi connectivity index (χ3v) is 4.05. The lowest BCUT2D eigenvalue weighted by atomic mass is 10.1. The monoisotopic (exact) mass is 356 g/mol. The number of carbonyl (C=O) groups is 1. The number of nitrogens with one attached hydrogen (secondary N) is 2. The van der Waals surface area contributed by atoms with Gasteiger partial charge in [0.05, 0.1) is 17.5 Å². The van der Waals surface area contributed by atoms with Crippen LogP contribution in [0.1, 0.15) is 15.9 Å². The Morgan fingerprint density at radius 1 is 0.926 bits per heavy atom. The van der Waals surface area contributed by atoms with E-state index in [1.165, 1.54) is 12.4 Å². The molecule has 0 aliphatic heterocycles. The van der Waals surface area contributed by atoms with Crippen molar-refractivity contribution in [1.82, 2.24) is 30.5 Å². The molecule has 0 bridgehead atoms. The summed E-state index contributed by atoms with van der Waals surface area (Å²) in [5, 5.41) is 9.95. The number of pyridine rings is 1. The first-order valence-electron chi connectivity index (χ1n) is 8.39. The van der Waals surface area contributed by atoms with Crippen LogP contribution in [0, 0.1) is 0 Å². The van der Waals surface area contributed by atoms with Gasteiger partial charge in [0.2, 0.25) is 0 Å². The summed E-state index contributed by atoms with van der Waals surface area (Å²) < 4.78 is 0. The molecule has 0 spiro atoms. The Bertz CT molecular complexity index is 1030. The first-order valence-corrected chi connectivity index (χ1v) is 8.39. The molecule has 1 aromatic carbocycles. The van der Waals surface area contributed by atoms with E-state index < -0.39 is 0 Å². The van der Waals surface area contributed by atoms with Gasteiger partial charge in [0.25, 0.3) is 5.91 Å². The molecule has 0 unspecified atom stereocenters. The van der Waals surface area contributed by atoms with Crippen molar-refractivity contribution in [3.63, 3.8) is 0 Å². The van der Waals surface area contributed by atoms with Crippen LogP contribution in [0.2, 0.25) is 0 Å². The van der Waals surface area contributed by atoms with Gasteiger partial charge >= 0.3 is 0 Å². The Kier molecular flexibility index (Phi) is 4.65. The highest BCUT2D eigenvalue weighted by Crippen LogP contribution is 2.20. The predicted octanol–water partition coefficient (Wildman–Crippen LogP) is 2.86. The molecule has 0 atom stereocenters. The average molecular weight is 356 g/mol. The van der Waals surface area contributed by atoms with Crippen molar-refractivity contribution in [2.75, 3.05) is 0 Å². The Morgan fingerprint density at radius 3 is 2.44 bits per heavy atom. The highest BCUT2D eigenvalue weighted by Gasteiger charge is 2.11. The van der Waals surface area contributed by atoms with Crippen LogP contribution in [0.15, 0.2) is 73.4 Å². The van der Waals surface area contributed by atoms with E-state index in [2.05, 4.69) is 30.5 Å². The van der Waals surface area contributed by atoms with Crippen LogP contribution in [-0.4, -0.2) is 31.1 Å². The second-order valence-corrected chi connectivity index (χ2v) is 5.86. The number of aromatic nitrogens is 5. The Labute approximate surface area is 155 Å². The zero-order valence-electron chi connectivity index (χ0n) is 14.3. The standard InChI is InChI=1S/C20H16N6O/c27-20(17-11-22-19(23-12-17)15-7-4-8-21-9-15)24-10-16-13-25-26-18(16)14-5-2-1-3-6-14/h1-9,11-13H,10H2,(H,24,27)(H,25,26). The van der Waals surface area contributed by atoms with Gasteiger partial charge in [0.1, 0.15) is 0 Å². The molecular formula is C20H16N6O. The van der Waals surface area contributed by atoms with Gasteiger partial charge in [-0.15, -0.1) is 0 Å². The van der Waals surface area contributed by atoms with E-state index in [1.807, 2.05) is 42.5 Å². The molecule has 3 heterocycles. The van der Waals surface area contributed by atoms with Gasteiger partial charge in [-0.05, 0) is 17.7 Å². The molecule has 0 radical (unpaired) electrons. The lowest BCUT2D eigenvalue weighted by Gasteiger charge is -2.06. The molecule has 2 N–H and O–H groups in total. The Morgan fingerprint density at radius 2 is 1.70 bits per heavy atom. The smallest absolute Gasteiger partial charge is 0.254 e. The number of amides is 1. The highest BCUT2D eigenvalue weighted by atomic mass is 16.1. The van der Waals surface area contributed by atoms with Gasteiger partial charge in [-0.25, -0.2) is 9.97 Å². The van der Waals surface area contributed by atoms with E-state index in [0.717, 1.165) is 22.4 Å². The van der Waals surface area contributed by atoms with Crippen LogP contribution in [0.4, 0.5) is 0 Å². The SMILES string of the molecule is O=C(NCc1cn[nH]c1-c1ccccc1)c1cnc(-c2cccnc2)nc1. The third kappa shape index (κ3) is 3.72. The number of carbonyl (C=O) groups excluding carboxylic acids is 1. The molecule has 0 fully saturated rings. The second-order valence-electron chi connectivity index (χ2n) is 5.86. The zero-order chi connectivity index (χ0) is 18.5. The Balaban J connectivity index is 1.44. The lowest BCUT2D eigenvalue weighted by Crippen LogP contribution is -2.23. The summed E-state index contributed by atoms with van der Waals surface area (Å²) in [5.74, 6) is 0.286. The van der Waals surface area contributed by atoms with E-state index in [-0.39, 0.29) is 5.91 Å². The predicted molar refractivity (Wildman–Crippen MR) is 100 cm³/mol. The fourth-order valence-electron chi connectivity index (χ4n) is 2.67. The normalized spacial score (nSPS) is 10.5. The third-order valence-electron chi connectivity index (χ3n) is 4.05. The van der Waals surface area contributed by atoms with E-state index in [4.69, 9.17) is 0 Å². The van der Waals surface area contributed by atoms with Gasteiger partial charge in [-0.2, -0.15) is 5.10 Å². The van der Waals surface area contributed by atoms with E-state index in [1.54, 1.807) is 18.6 Å². The molecule has 27 heavy (non-hydrogen) atoms. The number of benzene rings is 1. The number of hydrogen-bond donors (Lipinski definition) is 2. The maximum absolute atomic E-state index is 12.4. The minimum absolute atomic E-state index is 0.243. The van der Waals surface area contributed by atoms with Gasteiger partial charge in [-0.3, -0.25) is 14.9 Å². The molecular weight excluding hydrogens is 340 g/mol. The van der Waals surface area contributed by atoms with Crippen molar-refractivity contribution in [2.24, 2.45) is 0 Å². The molecule has 3 aromatic heterocycles. The first-order chi connectivity index (χ1) is 13.3. The molecule has 132 valence electrons. The van der Waals surface area contributed by atoms with Crippen LogP contribution >= 0.6 is 0 Å². The van der Waals surface area contributed by atoms with Crippen molar-refractivity contribution in [1.29, 1.82) is 0 Å². The van der Waals surface area contributed by atoms with Gasteiger partial charge in [0.15, 0.2) is 5.82 Å². The summed E-state index contributed by atoms with van der Waals surface area (Å²) in [6.45, 7) is 0.351. The fraction of sp³-hybridized carbons (Fsp3) is 0.0500. The fourth-order valence-corrected chi connectivity index (χ4v) is 2.67. The topological polar surface area (TPSA) is 96.5 Å². The van der Waals surface area contributed by atoms with Crippen molar-refractivity contribution in [3.05, 3.63) is 84.6 Å². The molecule has 4 rings (SSSR count). The molecule has 0 aliphatic carbocycles. The number of H-pyrrole nitrogens is 1. The maximum Gasteiger partial charge on any atom is 0.254 e. The highest BCUT2D eigenvalue weighted by molar-refractivity contribution is 5.93. The maximum atomic E-state index is 12.4. The summed E-state index contributed by atoms with van der Waals surface area (Å²) in [6, 6.07) is 13.5. The van der Waals surface area contributed by atoms with Crippen molar-refractivity contribution >= 4 is 5.91 Å². The average Bonchev–Trinajstić information content (AvgIpc) is 3.22. The first kappa shape index (κ1) is 16.6. The molecule has 0 saturated carbocycles. The van der Waals surface area contributed by atoms with Gasteiger partial charge in [-0.1, -0.05) is 30.3 Å². The van der Waals surface area contributed by atoms with Gasteiger partial charge in [0, 0.05) is 42.5 Å². The minimum atomic E-state index is -0.243. The quantitative estimate of drug-likeness (QED) is 0.573. The van der Waals surface area contributed by atoms with Crippen molar-refractivity contribution in [3.8, 4) is 22.6 Å².